The monoisotopic (exact) mass is 707 g/mol. The zero-order valence-electron chi connectivity index (χ0n) is 27.4. The maximum Gasteiger partial charge on any atom is 0.416 e. The molecule has 51 heavy (non-hydrogen) atoms. The highest BCUT2D eigenvalue weighted by atomic mass is 19.4. The molecule has 1 atom stereocenters. The summed E-state index contributed by atoms with van der Waals surface area (Å²) in [6, 6.07) is 12.9. The number of tetrazole rings is 1. The second-order valence-corrected chi connectivity index (χ2v) is 13.1. The predicted octanol–water partition coefficient (Wildman–Crippen LogP) is 6.45. The number of pyridine rings is 1. The van der Waals surface area contributed by atoms with Crippen LogP contribution >= 0.6 is 0 Å². The number of hydrogen-bond donors (Lipinski definition) is 1. The van der Waals surface area contributed by atoms with Gasteiger partial charge in [-0.1, -0.05) is 43.5 Å². The van der Waals surface area contributed by atoms with Gasteiger partial charge in [0.15, 0.2) is 5.82 Å². The first-order valence-corrected chi connectivity index (χ1v) is 16.8. The number of aromatic nitrogens is 5. The molecular weight excluding hydrogens is 673 g/mol. The Morgan fingerprint density at radius 1 is 0.922 bits per heavy atom. The minimum absolute atomic E-state index is 0.0664. The van der Waals surface area contributed by atoms with Crippen molar-refractivity contribution in [2.75, 3.05) is 31.1 Å². The van der Waals surface area contributed by atoms with Gasteiger partial charge in [-0.05, 0) is 70.8 Å². The number of anilines is 1. The molecule has 2 aliphatic rings. The fourth-order valence-corrected chi connectivity index (χ4v) is 7.28. The van der Waals surface area contributed by atoms with E-state index in [9.17, 15) is 32.3 Å². The first kappa shape index (κ1) is 34.3. The Morgan fingerprint density at radius 2 is 1.61 bits per heavy atom. The smallest absolute Gasteiger partial charge is 0.416 e. The van der Waals surface area contributed by atoms with E-state index in [1.54, 1.807) is 12.1 Å². The summed E-state index contributed by atoms with van der Waals surface area (Å²) in [5.41, 5.74) is -0.623. The van der Waals surface area contributed by atoms with Gasteiger partial charge in [0, 0.05) is 44.3 Å². The maximum absolute atomic E-state index is 15.8. The van der Waals surface area contributed by atoms with E-state index in [2.05, 4.69) is 20.4 Å². The van der Waals surface area contributed by atoms with Gasteiger partial charge < -0.3 is 14.6 Å². The summed E-state index contributed by atoms with van der Waals surface area (Å²) >= 11 is 0. The molecule has 1 aliphatic carbocycles. The molecule has 3 heterocycles. The molecule has 10 nitrogen and oxygen atoms in total. The van der Waals surface area contributed by atoms with Crippen LogP contribution in [0.5, 0.6) is 0 Å². The maximum atomic E-state index is 15.8. The van der Waals surface area contributed by atoms with Crippen LogP contribution in [0.25, 0.3) is 10.9 Å². The highest BCUT2D eigenvalue weighted by Crippen LogP contribution is 2.35. The summed E-state index contributed by atoms with van der Waals surface area (Å²) in [5, 5.41) is 22.4. The van der Waals surface area contributed by atoms with Crippen molar-refractivity contribution in [3.05, 3.63) is 117 Å². The number of halogens is 5. The predicted molar refractivity (Wildman–Crippen MR) is 178 cm³/mol. The van der Waals surface area contributed by atoms with E-state index in [1.165, 1.54) is 34.9 Å². The molecule has 1 unspecified atom stereocenters. The molecule has 0 amide bonds. The van der Waals surface area contributed by atoms with E-state index in [4.69, 9.17) is 0 Å². The summed E-state index contributed by atoms with van der Waals surface area (Å²) in [6.07, 6.45) is 1.84. The molecule has 266 valence electrons. The van der Waals surface area contributed by atoms with E-state index in [0.717, 1.165) is 62.1 Å². The second kappa shape index (κ2) is 13.9. The van der Waals surface area contributed by atoms with E-state index in [-0.39, 0.29) is 35.0 Å². The zero-order valence-corrected chi connectivity index (χ0v) is 27.4. The number of rotatable bonds is 8. The van der Waals surface area contributed by atoms with Crippen LogP contribution in [0, 0.1) is 11.6 Å². The van der Waals surface area contributed by atoms with Crippen molar-refractivity contribution < 1.29 is 31.9 Å². The first-order valence-electron chi connectivity index (χ1n) is 16.8. The third kappa shape index (κ3) is 6.94. The Labute approximate surface area is 288 Å². The Morgan fingerprint density at radius 3 is 2.25 bits per heavy atom. The molecule has 1 N–H and O–H groups in total. The number of piperazine rings is 1. The summed E-state index contributed by atoms with van der Waals surface area (Å²) in [4.78, 5) is 29.1. The lowest BCUT2D eigenvalue weighted by Gasteiger charge is -2.40. The average molecular weight is 708 g/mol. The van der Waals surface area contributed by atoms with Crippen LogP contribution in [-0.2, 0) is 12.7 Å². The number of aromatic carboxylic acids is 1. The zero-order chi connectivity index (χ0) is 35.9. The van der Waals surface area contributed by atoms with E-state index < -0.39 is 40.6 Å². The number of benzene rings is 3. The van der Waals surface area contributed by atoms with Crippen LogP contribution in [0.1, 0.15) is 77.1 Å². The number of carboxylic acids is 1. The number of alkyl halides is 3. The lowest BCUT2D eigenvalue weighted by Crippen LogP contribution is -2.48. The molecule has 1 saturated carbocycles. The molecule has 2 fully saturated rings. The van der Waals surface area contributed by atoms with Crippen LogP contribution in [0.2, 0.25) is 0 Å². The summed E-state index contributed by atoms with van der Waals surface area (Å²) in [6.45, 7) is 1.56. The van der Waals surface area contributed by atoms with Crippen LogP contribution in [-0.4, -0.2) is 66.9 Å². The van der Waals surface area contributed by atoms with Crippen LogP contribution in [0.15, 0.2) is 71.7 Å². The van der Waals surface area contributed by atoms with Crippen molar-refractivity contribution in [1.29, 1.82) is 0 Å². The van der Waals surface area contributed by atoms with Crippen molar-refractivity contribution in [2.24, 2.45) is 0 Å². The topological polar surface area (TPSA) is 109 Å². The quantitative estimate of drug-likeness (QED) is 0.184. The van der Waals surface area contributed by atoms with Crippen molar-refractivity contribution in [3.63, 3.8) is 0 Å². The van der Waals surface area contributed by atoms with Crippen molar-refractivity contribution >= 4 is 22.6 Å². The molecule has 15 heteroatoms. The third-order valence-electron chi connectivity index (χ3n) is 9.90. The van der Waals surface area contributed by atoms with Gasteiger partial charge in [-0.2, -0.15) is 13.2 Å². The Hall–Kier alpha value is -5.18. The molecule has 0 bridgehead atoms. The largest absolute Gasteiger partial charge is 0.477 e. The minimum Gasteiger partial charge on any atom is -0.477 e. The van der Waals surface area contributed by atoms with Gasteiger partial charge in [0.2, 0.25) is 5.43 Å². The van der Waals surface area contributed by atoms with Crippen molar-refractivity contribution in [2.45, 2.75) is 56.9 Å². The van der Waals surface area contributed by atoms with Crippen LogP contribution in [0.3, 0.4) is 0 Å². The summed E-state index contributed by atoms with van der Waals surface area (Å²) < 4.78 is 72.7. The molecule has 3 aromatic carbocycles. The van der Waals surface area contributed by atoms with E-state index in [0.29, 0.717) is 37.6 Å². The van der Waals surface area contributed by atoms with Crippen LogP contribution < -0.4 is 10.3 Å². The minimum atomic E-state index is -4.53. The molecule has 5 aromatic rings. The highest BCUT2D eigenvalue weighted by molar-refractivity contribution is 5.93. The van der Waals surface area contributed by atoms with Gasteiger partial charge in [-0.3, -0.25) is 9.69 Å². The highest BCUT2D eigenvalue weighted by Gasteiger charge is 2.34. The Kier molecular flexibility index (Phi) is 9.31. The molecule has 1 aliphatic heterocycles. The van der Waals surface area contributed by atoms with Gasteiger partial charge in [0.25, 0.3) is 0 Å². The molecule has 1 saturated heterocycles. The molecule has 2 aromatic heterocycles. The lowest BCUT2D eigenvalue weighted by molar-refractivity contribution is -0.137. The van der Waals surface area contributed by atoms with Gasteiger partial charge in [0.1, 0.15) is 17.2 Å². The van der Waals surface area contributed by atoms with Gasteiger partial charge in [-0.25, -0.2) is 18.3 Å². The number of carboxylic acid groups (broad SMARTS) is 1. The van der Waals surface area contributed by atoms with Gasteiger partial charge in [0.05, 0.1) is 28.9 Å². The van der Waals surface area contributed by atoms with Gasteiger partial charge in [-0.15, -0.1) is 5.10 Å². The first-order chi connectivity index (χ1) is 24.5. The molecule has 0 radical (unpaired) electrons. The summed E-state index contributed by atoms with van der Waals surface area (Å²) in [5.74, 6) is -1.93. The summed E-state index contributed by atoms with van der Waals surface area (Å²) in [7, 11) is 0. The van der Waals surface area contributed by atoms with Crippen molar-refractivity contribution in [1.82, 2.24) is 29.7 Å². The third-order valence-corrected chi connectivity index (χ3v) is 9.90. The average Bonchev–Trinajstić information content (AvgIpc) is 3.60. The molecule has 7 rings (SSSR count). The SMILES string of the molecule is O=C(O)c1cn(Cc2ccc(C(F)(F)F)cc2)c2cc(N3CCN(C(c4ccc(F)cc4)c4nnnn4C4CCCCC4)CC3)c(F)cc2c1=O. The van der Waals surface area contributed by atoms with E-state index >= 15 is 4.39 Å². The second-order valence-electron chi connectivity index (χ2n) is 13.1. The van der Waals surface area contributed by atoms with E-state index in [1.807, 2.05) is 9.58 Å². The number of carbonyl (C=O) groups is 1. The fraction of sp³-hybridized carbons (Fsp3) is 0.361. The molecular formula is C36H34F5N7O3. The molecule has 0 spiro atoms. The Balaban J connectivity index is 1.20. The number of fused-ring (bicyclic) bond motifs is 1. The standard InChI is InChI=1S/C36H34F5N7O3/c37-25-12-8-23(9-13-25)32(34-42-43-44-48(34)26-4-2-1-3-5-26)46-16-14-45(15-17-46)31-19-30-27(18-29(31)38)33(49)28(35(50)51)21-47(30)20-22-6-10-24(11-7-22)36(39,40)41/h6-13,18-19,21,26,32H,1-5,14-17,20H2,(H,50,51). The van der Waals surface area contributed by atoms with Crippen molar-refractivity contribution in [3.8, 4) is 0 Å². The normalized spacial score (nSPS) is 16.8. The lowest BCUT2D eigenvalue weighted by atomic mass is 9.95. The Bertz CT molecular complexity index is 2100. The fourth-order valence-electron chi connectivity index (χ4n) is 7.28. The van der Waals surface area contributed by atoms with Crippen LogP contribution in [0.4, 0.5) is 27.6 Å². The number of hydrogen-bond acceptors (Lipinski definition) is 7. The number of nitrogens with zero attached hydrogens (tertiary/aromatic N) is 7. The van der Waals surface area contributed by atoms with Gasteiger partial charge >= 0.3 is 12.1 Å².